The molecular weight excluding hydrogens is 463 g/mol. The van der Waals surface area contributed by atoms with Crippen LogP contribution in [0.3, 0.4) is 0 Å². The molecule has 0 saturated carbocycles. The molecule has 0 aromatic heterocycles. The zero-order valence-electron chi connectivity index (χ0n) is 14.7. The van der Waals surface area contributed by atoms with Crippen LogP contribution in [0, 0.1) is 0 Å². The van der Waals surface area contributed by atoms with Crippen LogP contribution in [-0.2, 0) is 31.6 Å². The smallest absolute Gasteiger partial charge is 0.390 e. The minimum atomic E-state index is -5.65. The van der Waals surface area contributed by atoms with E-state index in [4.69, 9.17) is 25.2 Å². The molecule has 0 spiro atoms. The first kappa shape index (κ1) is 24.6. The van der Waals surface area contributed by atoms with Gasteiger partial charge in [-0.2, -0.15) is 8.62 Å². The summed E-state index contributed by atoms with van der Waals surface area (Å²) >= 11 is 0. The first-order valence-electron chi connectivity index (χ1n) is 7.69. The lowest BCUT2D eigenvalue weighted by Gasteiger charge is -2.34. The van der Waals surface area contributed by atoms with Crippen LogP contribution in [0.5, 0.6) is 0 Å². The van der Waals surface area contributed by atoms with E-state index in [2.05, 4.69) is 18.5 Å². The van der Waals surface area contributed by atoms with E-state index in [9.17, 15) is 28.5 Å². The molecule has 1 fully saturated rings. The normalized spacial score (nSPS) is 34.5. The van der Waals surface area contributed by atoms with Gasteiger partial charge in [0.2, 0.25) is 0 Å². The van der Waals surface area contributed by atoms with Gasteiger partial charge in [-0.15, -0.1) is 0 Å². The van der Waals surface area contributed by atoms with Crippen molar-refractivity contribution >= 4 is 29.5 Å². The summed E-state index contributed by atoms with van der Waals surface area (Å²) in [5.74, 6) is 0. The monoisotopic (exact) mass is 483 g/mol. The molecule has 2 aliphatic heterocycles. The number of aliphatic hydroxyl groups is 1. The van der Waals surface area contributed by atoms with E-state index in [0.717, 1.165) is 4.90 Å². The van der Waals surface area contributed by atoms with Gasteiger partial charge >= 0.3 is 29.5 Å². The minimum absolute atomic E-state index is 0.108. The first-order chi connectivity index (χ1) is 13.0. The molecule has 3 unspecified atom stereocenters. The highest BCUT2D eigenvalue weighted by molar-refractivity contribution is 7.66. The Bertz CT molecular complexity index is 812. The summed E-state index contributed by atoms with van der Waals surface area (Å²) in [4.78, 5) is 48.5. The molecule has 2 heterocycles. The highest BCUT2D eigenvalue weighted by Crippen LogP contribution is 2.66. The Morgan fingerprint density at radius 2 is 1.90 bits per heavy atom. The van der Waals surface area contributed by atoms with E-state index in [1.54, 1.807) is 0 Å². The quantitative estimate of drug-likeness (QED) is 0.205. The van der Waals surface area contributed by atoms with Crippen molar-refractivity contribution in [3.63, 3.8) is 0 Å². The molecule has 0 aliphatic carbocycles. The Hall–Kier alpha value is -0.700. The number of nitrogens with one attached hydrogen (secondary N) is 1. The van der Waals surface area contributed by atoms with Crippen LogP contribution >= 0.6 is 23.5 Å². The number of phosphoric ester groups is 1. The molecule has 19 heteroatoms. The maximum Gasteiger partial charge on any atom is 0.490 e. The number of amides is 2. The first-order valence-corrected chi connectivity index (χ1v) is 12.2. The average Bonchev–Trinajstić information content (AvgIpc) is 2.81. The van der Waals surface area contributed by atoms with E-state index >= 15 is 0 Å². The number of hydrogen-bond acceptors (Lipinski definition) is 10. The molecule has 29 heavy (non-hydrogen) atoms. The molecule has 1 saturated heterocycles. The molecule has 168 valence electrons. The van der Waals surface area contributed by atoms with E-state index in [1.807, 2.05) is 0 Å². The Morgan fingerprint density at radius 1 is 1.28 bits per heavy atom. The van der Waals surface area contributed by atoms with E-state index in [0.29, 0.717) is 0 Å². The molecule has 2 amide bonds. The molecule has 2 aliphatic rings. The fraction of sp³-hybridized carbons (Fsp3) is 0.700. The van der Waals surface area contributed by atoms with Crippen molar-refractivity contribution in [1.82, 2.24) is 10.2 Å². The highest BCUT2D eigenvalue weighted by Gasteiger charge is 2.44. The van der Waals surface area contributed by atoms with Crippen LogP contribution in [0.15, 0.2) is 12.3 Å². The second-order valence-corrected chi connectivity index (χ2v) is 10.7. The van der Waals surface area contributed by atoms with E-state index in [1.165, 1.54) is 19.2 Å². The lowest BCUT2D eigenvalue weighted by Crippen LogP contribution is -2.59. The van der Waals surface area contributed by atoms with Crippen LogP contribution in [0.4, 0.5) is 4.79 Å². The zero-order valence-corrected chi connectivity index (χ0v) is 17.4. The van der Waals surface area contributed by atoms with Crippen LogP contribution < -0.4 is 11.1 Å². The van der Waals surface area contributed by atoms with Gasteiger partial charge in [0, 0.05) is 12.6 Å². The number of phosphoric acid groups is 3. The van der Waals surface area contributed by atoms with Gasteiger partial charge in [-0.25, -0.2) is 18.5 Å². The standard InChI is InChI=1S/C10H20N3O13P3/c1-10(11)2-3-13(9(15)12-10)8-4-6(14)7(24-8)5-23-28(19,20)26-29(21,22)25-27(16,17)18/h2-3,6-8,14H,4-5,11H2,1H3,(H,12,15)(H,19,20)(H,21,22)(H2,16,17,18)/t6-,7+,8+,10?/m0/s1. The second kappa shape index (κ2) is 8.44. The van der Waals surface area contributed by atoms with Crippen LogP contribution in [-0.4, -0.2) is 66.3 Å². The third-order valence-electron chi connectivity index (χ3n) is 3.52. The third kappa shape index (κ3) is 7.49. The van der Waals surface area contributed by atoms with E-state index in [-0.39, 0.29) is 6.42 Å². The average molecular weight is 483 g/mol. The summed E-state index contributed by atoms with van der Waals surface area (Å²) in [7, 11) is -16.5. The van der Waals surface area contributed by atoms with Gasteiger partial charge in [0.05, 0.1) is 12.7 Å². The van der Waals surface area contributed by atoms with Gasteiger partial charge in [-0.1, -0.05) is 0 Å². The maximum absolute atomic E-state index is 12.0. The number of carbonyl (C=O) groups is 1. The van der Waals surface area contributed by atoms with Gasteiger partial charge in [0.1, 0.15) is 18.0 Å². The Balaban J connectivity index is 1.94. The zero-order chi connectivity index (χ0) is 22.3. The van der Waals surface area contributed by atoms with Gasteiger partial charge in [0.25, 0.3) is 0 Å². The van der Waals surface area contributed by atoms with Crippen LogP contribution in [0.25, 0.3) is 0 Å². The lowest BCUT2D eigenvalue weighted by molar-refractivity contribution is -0.0538. The number of nitrogens with zero attached hydrogens (tertiary/aromatic N) is 1. The number of nitrogens with two attached hydrogens (primary N) is 1. The van der Waals surface area contributed by atoms with Crippen molar-refractivity contribution < 1.29 is 61.1 Å². The molecule has 8 N–H and O–H groups in total. The highest BCUT2D eigenvalue weighted by atomic mass is 31.3. The van der Waals surface area contributed by atoms with E-state index < -0.39 is 60.2 Å². The SMILES string of the molecule is CC1(N)C=CN([C@H]2C[C@H](O)[C@@H](COP(=O)(O)OP(=O)(O)OP(=O)(O)O)O2)C(=O)N1. The summed E-state index contributed by atoms with van der Waals surface area (Å²) in [6.07, 6.45) is -0.808. The summed E-state index contributed by atoms with van der Waals surface area (Å²) in [5, 5.41) is 12.5. The fourth-order valence-corrected chi connectivity index (χ4v) is 5.40. The molecule has 16 nitrogen and oxygen atoms in total. The molecule has 0 bridgehead atoms. The van der Waals surface area contributed by atoms with Crippen molar-refractivity contribution in [3.05, 3.63) is 12.3 Å². The summed E-state index contributed by atoms with van der Waals surface area (Å²) in [6.45, 7) is 0.698. The van der Waals surface area contributed by atoms with Crippen molar-refractivity contribution in [2.24, 2.45) is 5.73 Å². The molecule has 0 radical (unpaired) electrons. The summed E-state index contributed by atoms with van der Waals surface area (Å²) < 4.78 is 50.4. The van der Waals surface area contributed by atoms with Crippen LogP contribution in [0.2, 0.25) is 0 Å². The van der Waals surface area contributed by atoms with Gasteiger partial charge in [0.15, 0.2) is 0 Å². The number of hydrogen-bond donors (Lipinski definition) is 7. The Kier molecular flexibility index (Phi) is 7.15. The number of ether oxygens (including phenoxy) is 1. The molecular formula is C10H20N3O13P3. The molecule has 0 aromatic rings. The van der Waals surface area contributed by atoms with Crippen molar-refractivity contribution in [2.45, 2.75) is 37.4 Å². The Labute approximate surface area is 163 Å². The van der Waals surface area contributed by atoms with Gasteiger partial charge < -0.3 is 40.5 Å². The predicted octanol–water partition coefficient (Wildman–Crippen LogP) is -0.981. The maximum atomic E-state index is 12.0. The summed E-state index contributed by atoms with van der Waals surface area (Å²) in [5.41, 5.74) is 4.66. The van der Waals surface area contributed by atoms with Crippen molar-refractivity contribution in [1.29, 1.82) is 0 Å². The predicted molar refractivity (Wildman–Crippen MR) is 91.2 cm³/mol. The van der Waals surface area contributed by atoms with Crippen molar-refractivity contribution in [3.8, 4) is 0 Å². The minimum Gasteiger partial charge on any atom is -0.390 e. The number of aliphatic hydroxyl groups excluding tert-OH is 1. The largest absolute Gasteiger partial charge is 0.490 e. The van der Waals surface area contributed by atoms with Crippen LogP contribution in [0.1, 0.15) is 13.3 Å². The summed E-state index contributed by atoms with van der Waals surface area (Å²) in [6, 6.07) is -0.622. The molecule has 2 rings (SSSR count). The second-order valence-electron chi connectivity index (χ2n) is 6.25. The fourth-order valence-electron chi connectivity index (χ4n) is 2.37. The van der Waals surface area contributed by atoms with Gasteiger partial charge in [-0.3, -0.25) is 9.42 Å². The number of carbonyl (C=O) groups excluding carboxylic acids is 1. The molecule has 0 aromatic carbocycles. The van der Waals surface area contributed by atoms with Gasteiger partial charge in [-0.05, 0) is 13.0 Å². The number of urea groups is 1. The molecule has 6 atom stereocenters. The lowest BCUT2D eigenvalue weighted by atomic mass is 10.1. The third-order valence-corrected chi connectivity index (χ3v) is 7.33. The number of rotatable bonds is 8. The van der Waals surface area contributed by atoms with Crippen molar-refractivity contribution in [2.75, 3.05) is 6.61 Å². The Morgan fingerprint density at radius 3 is 2.45 bits per heavy atom. The topological polar surface area (TPSA) is 248 Å².